The molecule has 1 N–H and O–H groups in total. The van der Waals surface area contributed by atoms with Gasteiger partial charge in [0.15, 0.2) is 0 Å². The van der Waals surface area contributed by atoms with Gasteiger partial charge in [-0.15, -0.1) is 0 Å². The van der Waals surface area contributed by atoms with Gasteiger partial charge in [-0.1, -0.05) is 26.8 Å². The van der Waals surface area contributed by atoms with Crippen molar-refractivity contribution in [2.45, 2.75) is 45.8 Å². The molecule has 1 aromatic heterocycles. The Kier molecular flexibility index (Phi) is 5.79. The maximum absolute atomic E-state index is 12.6. The number of aromatic nitrogens is 1. The number of nitrogens with one attached hydrogen (secondary N) is 1. The second kappa shape index (κ2) is 6.89. The third-order valence-electron chi connectivity index (χ3n) is 2.80. The van der Waals surface area contributed by atoms with Crippen LogP contribution in [0.25, 0.3) is 0 Å². The summed E-state index contributed by atoms with van der Waals surface area (Å²) >= 11 is 0. The monoisotopic (exact) mass is 274 g/mol. The number of hydrogen-bond donors (Lipinski definition) is 1. The second-order valence-corrected chi connectivity index (χ2v) is 5.10. The number of pyridine rings is 1. The maximum Gasteiger partial charge on any atom is 0.433 e. The third-order valence-corrected chi connectivity index (χ3v) is 2.80. The van der Waals surface area contributed by atoms with Crippen LogP contribution in [0.4, 0.5) is 13.2 Å². The number of hydrogen-bond acceptors (Lipinski definition) is 2. The van der Waals surface area contributed by atoms with Crippen LogP contribution in [0.3, 0.4) is 0 Å². The molecule has 0 fully saturated rings. The standard InChI is InChI=1S/C14H21F3N2/c1-4-18-12(8-10(2)3)9-11-6-5-7-13(19-11)14(15,16)17/h5-7,10,12,18H,4,8-9H2,1-3H3. The molecule has 2 nitrogen and oxygen atoms in total. The summed E-state index contributed by atoms with van der Waals surface area (Å²) in [7, 11) is 0. The number of halogens is 3. The summed E-state index contributed by atoms with van der Waals surface area (Å²) in [4.78, 5) is 3.71. The molecule has 0 bridgehead atoms. The Morgan fingerprint density at radius 1 is 1.26 bits per heavy atom. The average molecular weight is 274 g/mol. The summed E-state index contributed by atoms with van der Waals surface area (Å²) in [5.74, 6) is 0.495. The molecule has 0 radical (unpaired) electrons. The fourth-order valence-corrected chi connectivity index (χ4v) is 2.10. The Morgan fingerprint density at radius 3 is 2.47 bits per heavy atom. The molecule has 0 saturated heterocycles. The highest BCUT2D eigenvalue weighted by Gasteiger charge is 2.32. The first-order valence-corrected chi connectivity index (χ1v) is 6.59. The normalized spacial score (nSPS) is 13.8. The van der Waals surface area contributed by atoms with Gasteiger partial charge in [0.05, 0.1) is 0 Å². The lowest BCUT2D eigenvalue weighted by atomic mass is 9.99. The van der Waals surface area contributed by atoms with E-state index in [1.165, 1.54) is 6.07 Å². The van der Waals surface area contributed by atoms with Crippen molar-refractivity contribution >= 4 is 0 Å². The van der Waals surface area contributed by atoms with Gasteiger partial charge < -0.3 is 5.32 Å². The zero-order valence-electron chi connectivity index (χ0n) is 11.6. The van der Waals surface area contributed by atoms with Crippen LogP contribution in [-0.4, -0.2) is 17.6 Å². The van der Waals surface area contributed by atoms with Crippen LogP contribution in [-0.2, 0) is 12.6 Å². The van der Waals surface area contributed by atoms with Gasteiger partial charge in [-0.05, 0) is 31.0 Å². The first kappa shape index (κ1) is 16.0. The third kappa shape index (κ3) is 5.59. The Hall–Kier alpha value is -1.10. The molecule has 0 aromatic carbocycles. The molecular formula is C14H21F3N2. The minimum atomic E-state index is -4.37. The zero-order chi connectivity index (χ0) is 14.5. The summed E-state index contributed by atoms with van der Waals surface area (Å²) in [5.41, 5.74) is -0.328. The predicted molar refractivity (Wildman–Crippen MR) is 69.9 cm³/mol. The summed E-state index contributed by atoms with van der Waals surface area (Å²) in [5, 5.41) is 3.30. The van der Waals surface area contributed by atoms with E-state index < -0.39 is 11.9 Å². The molecule has 1 aromatic rings. The smallest absolute Gasteiger partial charge is 0.314 e. The van der Waals surface area contributed by atoms with E-state index in [0.29, 0.717) is 18.0 Å². The van der Waals surface area contributed by atoms with E-state index in [0.717, 1.165) is 19.0 Å². The number of alkyl halides is 3. The average Bonchev–Trinajstić information content (AvgIpc) is 2.27. The van der Waals surface area contributed by atoms with Gasteiger partial charge in [-0.25, -0.2) is 4.98 Å². The van der Waals surface area contributed by atoms with Crippen molar-refractivity contribution in [3.8, 4) is 0 Å². The van der Waals surface area contributed by atoms with Gasteiger partial charge in [0.1, 0.15) is 5.69 Å². The molecular weight excluding hydrogens is 253 g/mol. The van der Waals surface area contributed by atoms with Gasteiger partial charge in [-0.2, -0.15) is 13.2 Å². The highest BCUT2D eigenvalue weighted by Crippen LogP contribution is 2.27. The SMILES string of the molecule is CCNC(Cc1cccc(C(F)(F)F)n1)CC(C)C. The van der Waals surface area contributed by atoms with Crippen LogP contribution in [0.1, 0.15) is 38.6 Å². The molecule has 19 heavy (non-hydrogen) atoms. The van der Waals surface area contributed by atoms with Gasteiger partial charge in [0.25, 0.3) is 0 Å². The minimum Gasteiger partial charge on any atom is -0.314 e. The molecule has 1 atom stereocenters. The quantitative estimate of drug-likeness (QED) is 0.856. The minimum absolute atomic E-state index is 0.168. The summed E-state index contributed by atoms with van der Waals surface area (Å²) in [6.45, 7) is 7.00. The summed E-state index contributed by atoms with van der Waals surface area (Å²) in [6.07, 6.45) is -2.93. The first-order valence-electron chi connectivity index (χ1n) is 6.59. The van der Waals surface area contributed by atoms with E-state index in [1.54, 1.807) is 6.07 Å². The molecule has 108 valence electrons. The van der Waals surface area contributed by atoms with Crippen LogP contribution in [0.15, 0.2) is 18.2 Å². The molecule has 5 heteroatoms. The van der Waals surface area contributed by atoms with Crippen molar-refractivity contribution in [1.29, 1.82) is 0 Å². The Balaban J connectivity index is 2.79. The van der Waals surface area contributed by atoms with E-state index in [1.807, 2.05) is 6.92 Å². The van der Waals surface area contributed by atoms with Crippen molar-refractivity contribution in [2.75, 3.05) is 6.54 Å². The number of likely N-dealkylation sites (N-methyl/N-ethyl adjacent to an activating group) is 1. The van der Waals surface area contributed by atoms with Gasteiger partial charge in [0, 0.05) is 18.2 Å². The van der Waals surface area contributed by atoms with Crippen LogP contribution in [0.5, 0.6) is 0 Å². The van der Waals surface area contributed by atoms with Crippen molar-refractivity contribution < 1.29 is 13.2 Å². The molecule has 1 unspecified atom stereocenters. The topological polar surface area (TPSA) is 24.9 Å². The first-order chi connectivity index (χ1) is 8.82. The molecule has 1 heterocycles. The van der Waals surface area contributed by atoms with E-state index >= 15 is 0 Å². The molecule has 0 saturated carbocycles. The summed E-state index contributed by atoms with van der Waals surface area (Å²) < 4.78 is 37.8. The summed E-state index contributed by atoms with van der Waals surface area (Å²) in [6, 6.07) is 4.25. The van der Waals surface area contributed by atoms with Crippen LogP contribution < -0.4 is 5.32 Å². The van der Waals surface area contributed by atoms with E-state index in [2.05, 4.69) is 24.1 Å². The number of nitrogens with zero attached hydrogens (tertiary/aromatic N) is 1. The van der Waals surface area contributed by atoms with Crippen molar-refractivity contribution in [1.82, 2.24) is 10.3 Å². The highest BCUT2D eigenvalue weighted by molar-refractivity contribution is 5.14. The van der Waals surface area contributed by atoms with Crippen LogP contribution in [0, 0.1) is 5.92 Å². The highest BCUT2D eigenvalue weighted by atomic mass is 19.4. The maximum atomic E-state index is 12.6. The van der Waals surface area contributed by atoms with E-state index in [-0.39, 0.29) is 6.04 Å². The van der Waals surface area contributed by atoms with Gasteiger partial charge >= 0.3 is 6.18 Å². The van der Waals surface area contributed by atoms with Crippen molar-refractivity contribution in [3.63, 3.8) is 0 Å². The molecule has 0 amide bonds. The lowest BCUT2D eigenvalue weighted by Gasteiger charge is -2.20. The van der Waals surface area contributed by atoms with Crippen LogP contribution >= 0.6 is 0 Å². The fourth-order valence-electron chi connectivity index (χ4n) is 2.10. The van der Waals surface area contributed by atoms with E-state index in [4.69, 9.17) is 0 Å². The molecule has 0 spiro atoms. The van der Waals surface area contributed by atoms with Crippen LogP contribution in [0.2, 0.25) is 0 Å². The Labute approximate surface area is 112 Å². The molecule has 0 aliphatic carbocycles. The Bertz CT molecular complexity index is 389. The largest absolute Gasteiger partial charge is 0.433 e. The second-order valence-electron chi connectivity index (χ2n) is 5.10. The fraction of sp³-hybridized carbons (Fsp3) is 0.643. The van der Waals surface area contributed by atoms with Gasteiger partial charge in [-0.3, -0.25) is 0 Å². The van der Waals surface area contributed by atoms with Crippen molar-refractivity contribution in [2.24, 2.45) is 5.92 Å². The predicted octanol–water partition coefficient (Wildman–Crippen LogP) is 3.67. The van der Waals surface area contributed by atoms with E-state index in [9.17, 15) is 13.2 Å². The number of rotatable bonds is 6. The molecule has 1 rings (SSSR count). The zero-order valence-corrected chi connectivity index (χ0v) is 11.6. The molecule has 0 aliphatic heterocycles. The lowest BCUT2D eigenvalue weighted by Crippen LogP contribution is -2.32. The molecule has 0 aliphatic rings. The van der Waals surface area contributed by atoms with Gasteiger partial charge in [0.2, 0.25) is 0 Å². The van der Waals surface area contributed by atoms with Crippen molar-refractivity contribution in [3.05, 3.63) is 29.6 Å². The Morgan fingerprint density at radius 2 is 1.95 bits per heavy atom. The lowest BCUT2D eigenvalue weighted by molar-refractivity contribution is -0.141.